The van der Waals surface area contributed by atoms with Crippen LogP contribution < -0.4 is 15.5 Å². The molecule has 0 aliphatic heterocycles. The van der Waals surface area contributed by atoms with Gasteiger partial charge in [0.05, 0.1) is 11.6 Å². The predicted molar refractivity (Wildman–Crippen MR) is 114 cm³/mol. The summed E-state index contributed by atoms with van der Waals surface area (Å²) in [5.74, 6) is 1.17. The molecule has 6 nitrogen and oxygen atoms in total. The van der Waals surface area contributed by atoms with Gasteiger partial charge >= 0.3 is 0 Å². The highest BCUT2D eigenvalue weighted by atomic mass is 15.1. The Labute approximate surface area is 165 Å². The lowest BCUT2D eigenvalue weighted by atomic mass is 10.1. The minimum absolute atomic E-state index is 0.514. The summed E-state index contributed by atoms with van der Waals surface area (Å²) in [7, 11) is 0. The van der Waals surface area contributed by atoms with E-state index in [4.69, 9.17) is 5.26 Å². The van der Waals surface area contributed by atoms with E-state index >= 15 is 0 Å². The monoisotopic (exact) mass is 372 g/mol. The molecule has 0 unspecified atom stereocenters. The van der Waals surface area contributed by atoms with E-state index in [2.05, 4.69) is 70.5 Å². The highest BCUT2D eigenvalue weighted by Gasteiger charge is 2.07. The molecular formula is C22H24N6. The molecule has 0 spiro atoms. The molecule has 142 valence electrons. The molecule has 1 aromatic heterocycles. The predicted octanol–water partition coefficient (Wildman–Crippen LogP) is 4.99. The van der Waals surface area contributed by atoms with Crippen molar-refractivity contribution >= 4 is 28.8 Å². The molecule has 2 aromatic carbocycles. The van der Waals surface area contributed by atoms with Crippen LogP contribution in [0.3, 0.4) is 0 Å². The zero-order valence-corrected chi connectivity index (χ0v) is 16.4. The Hall–Kier alpha value is -3.59. The Kier molecular flexibility index (Phi) is 6.07. The Morgan fingerprint density at radius 1 is 1.04 bits per heavy atom. The van der Waals surface area contributed by atoms with E-state index in [1.807, 2.05) is 12.1 Å². The van der Waals surface area contributed by atoms with Gasteiger partial charge in [-0.2, -0.15) is 10.2 Å². The maximum absolute atomic E-state index is 9.03. The normalized spacial score (nSPS) is 10.2. The Balaban J connectivity index is 1.76. The molecule has 0 aliphatic rings. The lowest BCUT2D eigenvalue weighted by Crippen LogP contribution is -2.21. The van der Waals surface area contributed by atoms with E-state index in [9.17, 15) is 0 Å². The number of benzene rings is 2. The third-order valence-corrected chi connectivity index (χ3v) is 4.50. The Morgan fingerprint density at radius 3 is 2.57 bits per heavy atom. The Bertz CT molecular complexity index is 988. The summed E-state index contributed by atoms with van der Waals surface area (Å²) in [6.07, 6.45) is 1.70. The van der Waals surface area contributed by atoms with Gasteiger partial charge in [-0.3, -0.25) is 0 Å². The maximum atomic E-state index is 9.03. The summed E-state index contributed by atoms with van der Waals surface area (Å²) in [5.41, 5.74) is 4.72. The molecule has 3 aromatic rings. The van der Waals surface area contributed by atoms with Crippen LogP contribution in [0.4, 0.5) is 28.8 Å². The van der Waals surface area contributed by atoms with Gasteiger partial charge in [0, 0.05) is 36.3 Å². The van der Waals surface area contributed by atoms with Crippen molar-refractivity contribution in [2.75, 3.05) is 28.6 Å². The number of anilines is 5. The molecule has 1 heterocycles. The van der Waals surface area contributed by atoms with Crippen molar-refractivity contribution < 1.29 is 0 Å². The fourth-order valence-corrected chi connectivity index (χ4v) is 3.00. The van der Waals surface area contributed by atoms with Crippen LogP contribution in [0.5, 0.6) is 0 Å². The smallest absolute Gasteiger partial charge is 0.229 e. The maximum Gasteiger partial charge on any atom is 0.229 e. The van der Waals surface area contributed by atoms with E-state index in [0.717, 1.165) is 30.0 Å². The molecule has 0 saturated heterocycles. The van der Waals surface area contributed by atoms with Gasteiger partial charge in [-0.25, -0.2) is 4.98 Å². The van der Waals surface area contributed by atoms with E-state index in [0.29, 0.717) is 17.3 Å². The first kappa shape index (κ1) is 19.2. The van der Waals surface area contributed by atoms with Crippen LogP contribution in [0, 0.1) is 18.3 Å². The first-order valence-electron chi connectivity index (χ1n) is 9.35. The zero-order valence-electron chi connectivity index (χ0n) is 16.4. The summed E-state index contributed by atoms with van der Waals surface area (Å²) in [6.45, 7) is 8.34. The quantitative estimate of drug-likeness (QED) is 0.608. The van der Waals surface area contributed by atoms with E-state index in [1.165, 1.54) is 5.69 Å². The highest BCUT2D eigenvalue weighted by molar-refractivity contribution is 5.65. The number of nitrogens with zero attached hydrogens (tertiary/aromatic N) is 4. The summed E-state index contributed by atoms with van der Waals surface area (Å²) in [6, 6.07) is 17.5. The van der Waals surface area contributed by atoms with Gasteiger partial charge in [-0.1, -0.05) is 6.07 Å². The van der Waals surface area contributed by atoms with E-state index in [-0.39, 0.29) is 0 Å². The molecule has 6 heteroatoms. The first-order valence-corrected chi connectivity index (χ1v) is 9.35. The summed E-state index contributed by atoms with van der Waals surface area (Å²) < 4.78 is 0. The van der Waals surface area contributed by atoms with Gasteiger partial charge in [0.1, 0.15) is 5.82 Å². The minimum Gasteiger partial charge on any atom is -0.372 e. The molecule has 0 amide bonds. The number of aromatic nitrogens is 2. The van der Waals surface area contributed by atoms with Crippen molar-refractivity contribution in [3.63, 3.8) is 0 Å². The fourth-order valence-electron chi connectivity index (χ4n) is 3.00. The van der Waals surface area contributed by atoms with Crippen LogP contribution in [0.15, 0.2) is 54.7 Å². The first-order chi connectivity index (χ1) is 13.6. The number of nitrogens with one attached hydrogen (secondary N) is 2. The van der Waals surface area contributed by atoms with Gasteiger partial charge in [-0.15, -0.1) is 0 Å². The lowest BCUT2D eigenvalue weighted by Gasteiger charge is -2.22. The molecule has 0 saturated carbocycles. The average Bonchev–Trinajstić information content (AvgIpc) is 2.71. The SMILES string of the molecule is CCN(CC)c1ccc(Nc2nccc(Nc3cccc(C#N)c3)n2)c(C)c1. The summed E-state index contributed by atoms with van der Waals surface area (Å²) in [5, 5.41) is 15.5. The molecular weight excluding hydrogens is 348 g/mol. The van der Waals surface area contributed by atoms with Crippen molar-refractivity contribution in [3.05, 3.63) is 65.9 Å². The average molecular weight is 372 g/mol. The van der Waals surface area contributed by atoms with Crippen molar-refractivity contribution in [1.82, 2.24) is 9.97 Å². The number of hydrogen-bond donors (Lipinski definition) is 2. The number of nitriles is 1. The molecule has 2 N–H and O–H groups in total. The molecule has 0 fully saturated rings. The second kappa shape index (κ2) is 8.87. The van der Waals surface area contributed by atoms with E-state index < -0.39 is 0 Å². The van der Waals surface area contributed by atoms with Gasteiger partial charge in [0.2, 0.25) is 5.95 Å². The third kappa shape index (κ3) is 4.57. The van der Waals surface area contributed by atoms with Crippen LogP contribution in [0.2, 0.25) is 0 Å². The molecule has 28 heavy (non-hydrogen) atoms. The largest absolute Gasteiger partial charge is 0.372 e. The number of hydrogen-bond acceptors (Lipinski definition) is 6. The number of rotatable bonds is 7. The summed E-state index contributed by atoms with van der Waals surface area (Å²) in [4.78, 5) is 11.2. The topological polar surface area (TPSA) is 76.9 Å². The van der Waals surface area contributed by atoms with Crippen molar-refractivity contribution in [2.24, 2.45) is 0 Å². The van der Waals surface area contributed by atoms with Crippen LogP contribution in [-0.2, 0) is 0 Å². The third-order valence-electron chi connectivity index (χ3n) is 4.50. The van der Waals surface area contributed by atoms with Crippen molar-refractivity contribution in [2.45, 2.75) is 20.8 Å². The molecule has 0 atom stereocenters. The van der Waals surface area contributed by atoms with Gasteiger partial charge in [0.25, 0.3) is 0 Å². The molecule has 0 bridgehead atoms. The van der Waals surface area contributed by atoms with E-state index in [1.54, 1.807) is 24.4 Å². The van der Waals surface area contributed by atoms with Gasteiger partial charge in [-0.05, 0) is 68.8 Å². The molecule has 0 radical (unpaired) electrons. The lowest BCUT2D eigenvalue weighted by molar-refractivity contribution is 0.866. The van der Waals surface area contributed by atoms with Crippen LogP contribution >= 0.6 is 0 Å². The fraction of sp³-hybridized carbons (Fsp3) is 0.227. The van der Waals surface area contributed by atoms with Gasteiger partial charge in [0.15, 0.2) is 0 Å². The van der Waals surface area contributed by atoms with Crippen molar-refractivity contribution in [3.8, 4) is 6.07 Å². The Morgan fingerprint density at radius 2 is 1.86 bits per heavy atom. The summed E-state index contributed by atoms with van der Waals surface area (Å²) >= 11 is 0. The number of aryl methyl sites for hydroxylation is 1. The van der Waals surface area contributed by atoms with Crippen LogP contribution in [0.25, 0.3) is 0 Å². The minimum atomic E-state index is 0.514. The molecule has 3 rings (SSSR count). The van der Waals surface area contributed by atoms with Crippen LogP contribution in [-0.4, -0.2) is 23.1 Å². The zero-order chi connectivity index (χ0) is 19.9. The van der Waals surface area contributed by atoms with Crippen molar-refractivity contribution in [1.29, 1.82) is 5.26 Å². The second-order valence-electron chi connectivity index (χ2n) is 6.38. The van der Waals surface area contributed by atoms with Gasteiger partial charge < -0.3 is 15.5 Å². The molecule has 0 aliphatic carbocycles. The standard InChI is InChI=1S/C22H24N6/c1-4-28(5-2)19-9-10-20(16(3)13-19)26-22-24-12-11-21(27-22)25-18-8-6-7-17(14-18)15-23/h6-14H,4-5H2,1-3H3,(H2,24,25,26,27). The van der Waals surface area contributed by atoms with Crippen LogP contribution in [0.1, 0.15) is 25.0 Å². The second-order valence-corrected chi connectivity index (χ2v) is 6.38. The highest BCUT2D eigenvalue weighted by Crippen LogP contribution is 2.25.